The summed E-state index contributed by atoms with van der Waals surface area (Å²) in [4.78, 5) is 6.99. The Bertz CT molecular complexity index is 387. The van der Waals surface area contributed by atoms with Gasteiger partial charge in [-0.05, 0) is 6.42 Å². The van der Waals surface area contributed by atoms with Crippen LogP contribution < -0.4 is 0 Å². The van der Waals surface area contributed by atoms with Crippen LogP contribution in [0.25, 0.3) is 0 Å². The van der Waals surface area contributed by atoms with Crippen LogP contribution in [0.3, 0.4) is 0 Å². The number of hydrogen-bond acceptors (Lipinski definition) is 4. The minimum Gasteiger partial charge on any atom is -0.384 e. The van der Waals surface area contributed by atoms with Crippen LogP contribution in [0.1, 0.15) is 12.2 Å². The lowest BCUT2D eigenvalue weighted by Crippen LogP contribution is -2.38. The van der Waals surface area contributed by atoms with Gasteiger partial charge in [0.15, 0.2) is 0 Å². The molecule has 0 radical (unpaired) electrons. The number of ether oxygens (including phenoxy) is 2. The highest BCUT2D eigenvalue weighted by Crippen LogP contribution is 2.21. The van der Waals surface area contributed by atoms with Crippen molar-refractivity contribution in [1.82, 2.24) is 14.5 Å². The molecule has 100 valence electrons. The standard InChI is InChI=1S/C13H21N3O2/c1-17-9-11-6-15-4-3-14-13(15)8-16(7-11)12-2-5-18-10-12/h3-4,11-12H,2,5-10H2,1H3/t11-,12-/m1/s1. The monoisotopic (exact) mass is 251 g/mol. The summed E-state index contributed by atoms with van der Waals surface area (Å²) in [5.41, 5.74) is 0. The first-order valence-electron chi connectivity index (χ1n) is 6.67. The van der Waals surface area contributed by atoms with E-state index >= 15 is 0 Å². The third kappa shape index (κ3) is 2.43. The Hall–Kier alpha value is -0.910. The quantitative estimate of drug-likeness (QED) is 0.795. The molecular formula is C13H21N3O2. The predicted molar refractivity (Wildman–Crippen MR) is 67.2 cm³/mol. The van der Waals surface area contributed by atoms with Crippen LogP contribution >= 0.6 is 0 Å². The van der Waals surface area contributed by atoms with Gasteiger partial charge in [0.25, 0.3) is 0 Å². The van der Waals surface area contributed by atoms with E-state index in [4.69, 9.17) is 9.47 Å². The molecule has 2 atom stereocenters. The summed E-state index contributed by atoms with van der Waals surface area (Å²) in [6.07, 6.45) is 5.11. The minimum absolute atomic E-state index is 0.533. The number of methoxy groups -OCH3 is 1. The van der Waals surface area contributed by atoms with Gasteiger partial charge in [0.2, 0.25) is 0 Å². The van der Waals surface area contributed by atoms with E-state index in [9.17, 15) is 0 Å². The summed E-state index contributed by atoms with van der Waals surface area (Å²) < 4.78 is 13.1. The van der Waals surface area contributed by atoms with Gasteiger partial charge in [-0.3, -0.25) is 4.90 Å². The van der Waals surface area contributed by atoms with Crippen molar-refractivity contribution in [3.8, 4) is 0 Å². The summed E-state index contributed by atoms with van der Waals surface area (Å²) in [5.74, 6) is 1.70. The first kappa shape index (κ1) is 12.1. The Labute approximate surface area is 108 Å². The van der Waals surface area contributed by atoms with Crippen LogP contribution in [-0.2, 0) is 22.6 Å². The van der Waals surface area contributed by atoms with E-state index in [0.717, 1.165) is 45.9 Å². The fraction of sp³-hybridized carbons (Fsp3) is 0.769. The highest BCUT2D eigenvalue weighted by atomic mass is 16.5. The predicted octanol–water partition coefficient (Wildman–Crippen LogP) is 0.750. The first-order valence-corrected chi connectivity index (χ1v) is 6.67. The average Bonchev–Trinajstić information content (AvgIpc) is 2.99. The van der Waals surface area contributed by atoms with Gasteiger partial charge in [-0.25, -0.2) is 4.98 Å². The van der Waals surface area contributed by atoms with E-state index in [2.05, 4.69) is 20.6 Å². The molecule has 0 saturated carbocycles. The van der Waals surface area contributed by atoms with E-state index in [1.165, 1.54) is 5.82 Å². The van der Waals surface area contributed by atoms with Gasteiger partial charge < -0.3 is 14.0 Å². The number of rotatable bonds is 3. The van der Waals surface area contributed by atoms with Gasteiger partial charge >= 0.3 is 0 Å². The molecule has 3 rings (SSSR count). The van der Waals surface area contributed by atoms with Crippen LogP contribution in [0.2, 0.25) is 0 Å². The molecule has 2 aliphatic rings. The zero-order valence-electron chi connectivity index (χ0n) is 10.9. The Balaban J connectivity index is 1.78. The van der Waals surface area contributed by atoms with Crippen LogP contribution in [-0.4, -0.2) is 54.0 Å². The highest BCUT2D eigenvalue weighted by Gasteiger charge is 2.29. The van der Waals surface area contributed by atoms with Crippen molar-refractivity contribution in [2.45, 2.75) is 25.6 Å². The molecule has 0 amide bonds. The molecule has 0 aromatic carbocycles. The van der Waals surface area contributed by atoms with Crippen LogP contribution in [0.5, 0.6) is 0 Å². The number of hydrogen-bond donors (Lipinski definition) is 0. The van der Waals surface area contributed by atoms with Gasteiger partial charge in [-0.15, -0.1) is 0 Å². The number of aromatic nitrogens is 2. The van der Waals surface area contributed by atoms with Crippen LogP contribution in [0.15, 0.2) is 12.4 Å². The van der Waals surface area contributed by atoms with Crippen molar-refractivity contribution in [2.75, 3.05) is 33.5 Å². The molecule has 1 fully saturated rings. The molecule has 0 spiro atoms. The molecule has 1 aromatic rings. The molecular weight excluding hydrogens is 230 g/mol. The summed E-state index contributed by atoms with van der Waals surface area (Å²) in [7, 11) is 1.78. The molecule has 5 nitrogen and oxygen atoms in total. The zero-order valence-corrected chi connectivity index (χ0v) is 10.9. The topological polar surface area (TPSA) is 39.5 Å². The van der Waals surface area contributed by atoms with Crippen molar-refractivity contribution in [2.24, 2.45) is 5.92 Å². The second kappa shape index (κ2) is 5.38. The fourth-order valence-corrected chi connectivity index (χ4v) is 3.00. The lowest BCUT2D eigenvalue weighted by Gasteiger charge is -2.28. The largest absolute Gasteiger partial charge is 0.384 e. The van der Waals surface area contributed by atoms with E-state index in [1.54, 1.807) is 7.11 Å². The molecule has 3 heterocycles. The zero-order chi connectivity index (χ0) is 12.4. The summed E-state index contributed by atoms with van der Waals surface area (Å²) in [6, 6.07) is 0.549. The Morgan fingerprint density at radius 1 is 1.50 bits per heavy atom. The van der Waals surface area contributed by atoms with E-state index in [1.807, 2.05) is 6.20 Å². The van der Waals surface area contributed by atoms with Gasteiger partial charge in [-0.2, -0.15) is 0 Å². The van der Waals surface area contributed by atoms with Crippen molar-refractivity contribution in [3.05, 3.63) is 18.2 Å². The van der Waals surface area contributed by atoms with Gasteiger partial charge in [-0.1, -0.05) is 0 Å². The van der Waals surface area contributed by atoms with Crippen molar-refractivity contribution >= 4 is 0 Å². The molecule has 18 heavy (non-hydrogen) atoms. The minimum atomic E-state index is 0.533. The van der Waals surface area contributed by atoms with E-state index < -0.39 is 0 Å². The van der Waals surface area contributed by atoms with Crippen molar-refractivity contribution in [1.29, 1.82) is 0 Å². The van der Waals surface area contributed by atoms with Crippen molar-refractivity contribution in [3.63, 3.8) is 0 Å². The summed E-state index contributed by atoms with van der Waals surface area (Å²) >= 11 is 0. The number of imidazole rings is 1. The molecule has 0 aliphatic carbocycles. The maximum Gasteiger partial charge on any atom is 0.122 e. The summed E-state index contributed by atoms with van der Waals surface area (Å²) in [5, 5.41) is 0. The molecule has 0 unspecified atom stereocenters. The molecule has 1 aromatic heterocycles. The third-order valence-corrected chi connectivity index (χ3v) is 3.92. The van der Waals surface area contributed by atoms with E-state index in [0.29, 0.717) is 12.0 Å². The normalized spacial score (nSPS) is 29.2. The SMILES string of the molecule is COC[C@H]1CN([C@@H]2CCOC2)Cc2nccn2C1. The average molecular weight is 251 g/mol. The molecule has 5 heteroatoms. The molecule has 0 N–H and O–H groups in total. The fourth-order valence-electron chi connectivity index (χ4n) is 3.00. The number of nitrogens with zero attached hydrogens (tertiary/aromatic N) is 3. The Morgan fingerprint density at radius 3 is 3.22 bits per heavy atom. The van der Waals surface area contributed by atoms with Gasteiger partial charge in [0.1, 0.15) is 5.82 Å². The Morgan fingerprint density at radius 2 is 2.44 bits per heavy atom. The second-order valence-electron chi connectivity index (χ2n) is 5.26. The van der Waals surface area contributed by atoms with Crippen LogP contribution in [0, 0.1) is 5.92 Å². The maximum absolute atomic E-state index is 5.52. The Kier molecular flexibility index (Phi) is 3.63. The third-order valence-electron chi connectivity index (χ3n) is 3.92. The lowest BCUT2D eigenvalue weighted by molar-refractivity contribution is 0.0902. The van der Waals surface area contributed by atoms with E-state index in [-0.39, 0.29) is 0 Å². The van der Waals surface area contributed by atoms with Crippen LogP contribution in [0.4, 0.5) is 0 Å². The second-order valence-corrected chi connectivity index (χ2v) is 5.26. The molecule has 1 saturated heterocycles. The molecule has 2 aliphatic heterocycles. The lowest BCUT2D eigenvalue weighted by atomic mass is 10.1. The van der Waals surface area contributed by atoms with Gasteiger partial charge in [0, 0.05) is 51.2 Å². The van der Waals surface area contributed by atoms with Gasteiger partial charge in [0.05, 0.1) is 19.8 Å². The maximum atomic E-state index is 5.52. The number of fused-ring (bicyclic) bond motifs is 1. The summed E-state index contributed by atoms with van der Waals surface area (Å²) in [6.45, 7) is 5.58. The van der Waals surface area contributed by atoms with Crippen molar-refractivity contribution < 1.29 is 9.47 Å². The molecule has 0 bridgehead atoms. The first-order chi connectivity index (χ1) is 8.86. The smallest absolute Gasteiger partial charge is 0.122 e. The highest BCUT2D eigenvalue weighted by molar-refractivity contribution is 4.97.